The van der Waals surface area contributed by atoms with Crippen LogP contribution >= 0.6 is 0 Å². The van der Waals surface area contributed by atoms with E-state index in [9.17, 15) is 5.11 Å². The summed E-state index contributed by atoms with van der Waals surface area (Å²) < 4.78 is 7.27. The summed E-state index contributed by atoms with van der Waals surface area (Å²) in [6.07, 6.45) is 3.12. The van der Waals surface area contributed by atoms with Crippen LogP contribution in [0.5, 0.6) is 5.75 Å². The average molecular weight is 455 g/mol. The monoisotopic (exact) mass is 455 g/mol. The van der Waals surface area contributed by atoms with Crippen molar-refractivity contribution in [1.29, 1.82) is 0 Å². The molecule has 1 unspecified atom stereocenters. The van der Waals surface area contributed by atoms with Gasteiger partial charge in [-0.1, -0.05) is 29.8 Å². The van der Waals surface area contributed by atoms with Gasteiger partial charge in [-0.05, 0) is 6.92 Å². The Morgan fingerprint density at radius 2 is 1.40 bits per heavy atom. The summed E-state index contributed by atoms with van der Waals surface area (Å²) in [6.45, 7) is 2.82. The number of ether oxygens (including phenoxy) is 1. The molecular formula is C22H32IO2-. The maximum atomic E-state index is 10.5. The zero-order chi connectivity index (χ0) is 18.3. The van der Waals surface area contributed by atoms with Gasteiger partial charge < -0.3 is 0 Å². The van der Waals surface area contributed by atoms with Crippen molar-refractivity contribution >= 4 is 0 Å². The van der Waals surface area contributed by atoms with E-state index in [2.05, 4.69) is 14.8 Å². The third-order valence-corrected chi connectivity index (χ3v) is 8.20. The minimum absolute atomic E-state index is 0.586. The SMILES string of the molecule is Cc1ccc(C(O)c2ccc(OCCCCC[I-](C)(C)C)cc2)cc1. The first-order chi connectivity index (χ1) is 11.8. The number of hydrogen-bond acceptors (Lipinski definition) is 2. The van der Waals surface area contributed by atoms with Gasteiger partial charge >= 0.3 is 121 Å². The van der Waals surface area contributed by atoms with Crippen LogP contribution in [0.15, 0.2) is 48.5 Å². The molecule has 2 aromatic rings. The number of rotatable bonds is 9. The van der Waals surface area contributed by atoms with Crippen LogP contribution < -0.4 is 23.2 Å². The fourth-order valence-electron chi connectivity index (χ4n) is 2.65. The van der Waals surface area contributed by atoms with Crippen LogP contribution in [0, 0.1) is 6.92 Å². The van der Waals surface area contributed by atoms with Crippen LogP contribution in [0.4, 0.5) is 0 Å². The Balaban J connectivity index is 1.77. The van der Waals surface area contributed by atoms with E-state index < -0.39 is 24.5 Å². The maximum absolute atomic E-state index is 10.5. The molecule has 25 heavy (non-hydrogen) atoms. The molecule has 0 aromatic heterocycles. The molecule has 0 aliphatic carbocycles. The summed E-state index contributed by atoms with van der Waals surface area (Å²) in [7, 11) is 0. The number of aryl methyl sites for hydroxylation is 1. The van der Waals surface area contributed by atoms with Crippen molar-refractivity contribution < 1.29 is 28.3 Å². The predicted octanol–water partition coefficient (Wildman–Crippen LogP) is 1.68. The molecule has 0 aliphatic rings. The van der Waals surface area contributed by atoms with Crippen LogP contribution in [0.1, 0.15) is 42.1 Å². The maximum Gasteiger partial charge on any atom is -0.0558 e. The van der Waals surface area contributed by atoms with Gasteiger partial charge in [0, 0.05) is 0 Å². The fraction of sp³-hybridized carbons (Fsp3) is 0.455. The van der Waals surface area contributed by atoms with E-state index >= 15 is 0 Å². The molecule has 0 fully saturated rings. The second-order valence-electron chi connectivity index (χ2n) is 7.42. The largest absolute Gasteiger partial charge is 0.0589 e. The standard InChI is InChI=1S/C22H32IO2/c1-18-8-10-19(11-9-18)22(24)20-12-14-21(15-13-20)25-17-7-5-6-16-23(2,3)4/h8-15,22,24H,5-7,16-17H2,1-4H3/q-1. The van der Waals surface area contributed by atoms with Crippen LogP contribution in [0.2, 0.25) is 0 Å². The van der Waals surface area contributed by atoms with Gasteiger partial charge in [-0.3, -0.25) is 0 Å². The van der Waals surface area contributed by atoms with Crippen molar-refractivity contribution in [2.24, 2.45) is 0 Å². The van der Waals surface area contributed by atoms with Gasteiger partial charge in [0.25, 0.3) is 0 Å². The van der Waals surface area contributed by atoms with Crippen LogP contribution in [-0.2, 0) is 0 Å². The number of alkyl halides is 4. The van der Waals surface area contributed by atoms with E-state index in [0.717, 1.165) is 29.9 Å². The van der Waals surface area contributed by atoms with E-state index in [0.29, 0.717) is 0 Å². The molecule has 0 heterocycles. The third-order valence-electron chi connectivity index (χ3n) is 4.20. The van der Waals surface area contributed by atoms with Gasteiger partial charge in [-0.15, -0.1) is 0 Å². The minimum atomic E-state index is -1.28. The van der Waals surface area contributed by atoms with E-state index in [1.807, 2.05) is 55.5 Å². The number of halogens is 1. The first kappa shape index (κ1) is 20.2. The Hall–Kier alpha value is -1.07. The second-order valence-corrected chi connectivity index (χ2v) is 19.5. The minimum Gasteiger partial charge on any atom is -0.0589 e. The molecule has 1 N–H and O–H groups in total. The van der Waals surface area contributed by atoms with Gasteiger partial charge in [0.1, 0.15) is 0 Å². The summed E-state index contributed by atoms with van der Waals surface area (Å²) >= 11 is -1.28. The molecule has 0 bridgehead atoms. The smallest absolute Gasteiger partial charge is 0.0558 e. The molecule has 0 spiro atoms. The summed E-state index contributed by atoms with van der Waals surface area (Å²) in [5, 5.41) is 10.5. The van der Waals surface area contributed by atoms with Crippen LogP contribution in [0.3, 0.4) is 0 Å². The van der Waals surface area contributed by atoms with Crippen LogP contribution in [0.25, 0.3) is 0 Å². The van der Waals surface area contributed by atoms with Crippen LogP contribution in [-0.4, -0.2) is 30.9 Å². The Kier molecular flexibility index (Phi) is 7.76. The fourth-order valence-corrected chi connectivity index (χ4v) is 5.48. The molecule has 2 aromatic carbocycles. The molecular weight excluding hydrogens is 423 g/mol. The Morgan fingerprint density at radius 3 is 1.96 bits per heavy atom. The summed E-state index contributed by atoms with van der Waals surface area (Å²) in [5.74, 6) is 0.882. The predicted molar refractivity (Wildman–Crippen MR) is 104 cm³/mol. The van der Waals surface area contributed by atoms with Crippen molar-refractivity contribution in [1.82, 2.24) is 0 Å². The van der Waals surface area contributed by atoms with Crippen molar-refractivity contribution in [3.05, 3.63) is 65.2 Å². The number of aliphatic hydroxyl groups excluding tert-OH is 1. The van der Waals surface area contributed by atoms with Gasteiger partial charge in [0.15, 0.2) is 0 Å². The van der Waals surface area contributed by atoms with Crippen molar-refractivity contribution in [2.75, 3.05) is 25.8 Å². The molecule has 0 saturated heterocycles. The average Bonchev–Trinajstić information content (AvgIpc) is 2.58. The van der Waals surface area contributed by atoms with Gasteiger partial charge in [-0.25, -0.2) is 0 Å². The number of aliphatic hydroxyl groups is 1. The van der Waals surface area contributed by atoms with E-state index in [4.69, 9.17) is 4.74 Å². The number of unbranched alkanes of at least 4 members (excludes halogenated alkanes) is 2. The molecule has 1 atom stereocenters. The van der Waals surface area contributed by atoms with E-state index in [-0.39, 0.29) is 0 Å². The zero-order valence-corrected chi connectivity index (χ0v) is 18.1. The van der Waals surface area contributed by atoms with Gasteiger partial charge in [0.05, 0.1) is 0 Å². The normalized spacial score (nSPS) is 13.5. The molecule has 140 valence electrons. The van der Waals surface area contributed by atoms with Crippen molar-refractivity contribution in [3.63, 3.8) is 0 Å². The van der Waals surface area contributed by atoms with E-state index in [1.54, 1.807) is 0 Å². The number of benzene rings is 2. The quantitative estimate of drug-likeness (QED) is 0.354. The van der Waals surface area contributed by atoms with E-state index in [1.165, 1.54) is 22.8 Å². The Morgan fingerprint density at radius 1 is 0.840 bits per heavy atom. The molecule has 0 saturated carbocycles. The molecule has 0 amide bonds. The molecule has 0 radical (unpaired) electrons. The summed E-state index contributed by atoms with van der Waals surface area (Å²) in [6, 6.07) is 15.8. The summed E-state index contributed by atoms with van der Waals surface area (Å²) in [4.78, 5) is 7.40. The molecule has 2 nitrogen and oxygen atoms in total. The topological polar surface area (TPSA) is 29.5 Å². The summed E-state index contributed by atoms with van der Waals surface area (Å²) in [5.41, 5.74) is 3.01. The Labute approximate surface area is 157 Å². The van der Waals surface area contributed by atoms with Crippen molar-refractivity contribution in [3.8, 4) is 5.75 Å². The molecule has 2 rings (SSSR count). The van der Waals surface area contributed by atoms with Gasteiger partial charge in [0.2, 0.25) is 0 Å². The number of hydrogen-bond donors (Lipinski definition) is 1. The van der Waals surface area contributed by atoms with Crippen molar-refractivity contribution in [2.45, 2.75) is 32.3 Å². The zero-order valence-electron chi connectivity index (χ0n) is 16.0. The first-order valence-corrected chi connectivity index (χ1v) is 16.9. The molecule has 0 aliphatic heterocycles. The molecule has 3 heteroatoms. The second kappa shape index (κ2) is 9.58. The Bertz CT molecular complexity index is 627. The van der Waals surface area contributed by atoms with Gasteiger partial charge in [-0.2, -0.15) is 0 Å². The first-order valence-electron chi connectivity index (χ1n) is 8.87. The third kappa shape index (κ3) is 7.37.